The third kappa shape index (κ3) is 4.27. The van der Waals surface area contributed by atoms with Crippen LogP contribution in [0, 0.1) is 6.92 Å². The maximum absolute atomic E-state index is 12.5. The second-order valence-electron chi connectivity index (χ2n) is 4.39. The smallest absolute Gasteiger partial charge is 0.307 e. The van der Waals surface area contributed by atoms with Crippen LogP contribution in [0.1, 0.15) is 29.3 Å². The summed E-state index contributed by atoms with van der Waals surface area (Å²) in [5, 5.41) is 0. The molecule has 0 saturated heterocycles. The second kappa shape index (κ2) is 7.94. The molecule has 1 amide bonds. The summed E-state index contributed by atoms with van der Waals surface area (Å²) in [5.41, 5.74) is 1.65. The van der Waals surface area contributed by atoms with Crippen molar-refractivity contribution in [3.63, 3.8) is 0 Å². The monoisotopic (exact) mass is 295 g/mol. The van der Waals surface area contributed by atoms with Crippen molar-refractivity contribution in [2.24, 2.45) is 0 Å². The highest BCUT2D eigenvalue weighted by atomic mass is 32.2. The Balaban J connectivity index is 2.87. The van der Waals surface area contributed by atoms with Gasteiger partial charge in [-0.05, 0) is 37.8 Å². The molecule has 0 N–H and O–H groups in total. The lowest BCUT2D eigenvalue weighted by atomic mass is 10.1. The minimum Gasteiger partial charge on any atom is -0.469 e. The average molecular weight is 295 g/mol. The molecule has 0 radical (unpaired) electrons. The minimum absolute atomic E-state index is 0.0372. The number of methoxy groups -OCH3 is 1. The summed E-state index contributed by atoms with van der Waals surface area (Å²) < 4.78 is 4.61. The van der Waals surface area contributed by atoms with E-state index in [0.29, 0.717) is 18.7 Å². The van der Waals surface area contributed by atoms with E-state index < -0.39 is 0 Å². The average Bonchev–Trinajstić information content (AvgIpc) is 2.47. The summed E-state index contributed by atoms with van der Waals surface area (Å²) in [6.45, 7) is 4.78. The van der Waals surface area contributed by atoms with E-state index in [1.165, 1.54) is 7.11 Å². The van der Waals surface area contributed by atoms with Crippen LogP contribution in [0.25, 0.3) is 0 Å². The van der Waals surface area contributed by atoms with Gasteiger partial charge < -0.3 is 9.64 Å². The normalized spacial score (nSPS) is 10.2. The van der Waals surface area contributed by atoms with Gasteiger partial charge in [-0.1, -0.05) is 6.07 Å². The fourth-order valence-electron chi connectivity index (χ4n) is 1.86. The second-order valence-corrected chi connectivity index (χ2v) is 5.27. The van der Waals surface area contributed by atoms with Crippen molar-refractivity contribution in [1.82, 2.24) is 4.90 Å². The first-order valence-electron chi connectivity index (χ1n) is 6.54. The van der Waals surface area contributed by atoms with Crippen LogP contribution in [0.5, 0.6) is 0 Å². The molecule has 1 rings (SSSR count). The molecule has 0 spiro atoms. The Hall–Kier alpha value is -1.49. The fraction of sp³-hybridized carbons (Fsp3) is 0.467. The molecule has 20 heavy (non-hydrogen) atoms. The largest absolute Gasteiger partial charge is 0.469 e. The third-order valence-corrected chi connectivity index (χ3v) is 3.88. The van der Waals surface area contributed by atoms with Crippen molar-refractivity contribution >= 4 is 23.6 Å². The zero-order chi connectivity index (χ0) is 15.1. The molecule has 5 heteroatoms. The molecule has 0 unspecified atom stereocenters. The summed E-state index contributed by atoms with van der Waals surface area (Å²) in [6.07, 6.45) is 2.20. The van der Waals surface area contributed by atoms with Crippen molar-refractivity contribution in [3.05, 3.63) is 29.3 Å². The molecule has 1 aromatic rings. The predicted octanol–water partition coefficient (Wildman–Crippen LogP) is 2.74. The van der Waals surface area contributed by atoms with Crippen LogP contribution in [0.15, 0.2) is 23.1 Å². The quantitative estimate of drug-likeness (QED) is 0.598. The zero-order valence-electron chi connectivity index (χ0n) is 12.4. The van der Waals surface area contributed by atoms with E-state index in [0.717, 1.165) is 10.5 Å². The van der Waals surface area contributed by atoms with Gasteiger partial charge in [0.2, 0.25) is 0 Å². The molecule has 1 aromatic carbocycles. The number of benzene rings is 1. The maximum Gasteiger partial charge on any atom is 0.307 e. The number of rotatable bonds is 6. The van der Waals surface area contributed by atoms with Crippen LogP contribution in [0.3, 0.4) is 0 Å². The topological polar surface area (TPSA) is 46.6 Å². The lowest BCUT2D eigenvalue weighted by molar-refractivity contribution is -0.140. The van der Waals surface area contributed by atoms with Gasteiger partial charge in [0.05, 0.1) is 13.5 Å². The van der Waals surface area contributed by atoms with Crippen molar-refractivity contribution in [2.75, 3.05) is 26.5 Å². The first kappa shape index (κ1) is 16.6. The highest BCUT2D eigenvalue weighted by molar-refractivity contribution is 7.98. The molecule has 0 aromatic heterocycles. The highest BCUT2D eigenvalue weighted by Gasteiger charge is 2.17. The summed E-state index contributed by atoms with van der Waals surface area (Å²) in [7, 11) is 1.35. The molecule has 0 heterocycles. The first-order chi connectivity index (χ1) is 9.53. The van der Waals surface area contributed by atoms with Gasteiger partial charge in [0.1, 0.15) is 0 Å². The van der Waals surface area contributed by atoms with Crippen LogP contribution in [0.2, 0.25) is 0 Å². The summed E-state index contributed by atoms with van der Waals surface area (Å²) >= 11 is 1.61. The van der Waals surface area contributed by atoms with Gasteiger partial charge >= 0.3 is 5.97 Å². The van der Waals surface area contributed by atoms with Gasteiger partial charge in [-0.3, -0.25) is 9.59 Å². The number of hydrogen-bond acceptors (Lipinski definition) is 4. The number of carbonyl (C=O) groups excluding carboxylic acids is 2. The Labute approximate surface area is 124 Å². The van der Waals surface area contributed by atoms with Crippen LogP contribution in [-0.2, 0) is 9.53 Å². The molecular weight excluding hydrogens is 274 g/mol. The van der Waals surface area contributed by atoms with Crippen molar-refractivity contribution in [3.8, 4) is 0 Å². The number of ether oxygens (including phenoxy) is 1. The molecule has 0 aliphatic heterocycles. The Morgan fingerprint density at radius 2 is 2.05 bits per heavy atom. The van der Waals surface area contributed by atoms with E-state index in [-0.39, 0.29) is 18.3 Å². The minimum atomic E-state index is -0.300. The fourth-order valence-corrected chi connectivity index (χ4v) is 2.30. The molecule has 0 fully saturated rings. The Kier molecular flexibility index (Phi) is 6.58. The van der Waals surface area contributed by atoms with Crippen LogP contribution in [0.4, 0.5) is 0 Å². The number of hydrogen-bond donors (Lipinski definition) is 0. The molecule has 0 aliphatic carbocycles. The highest BCUT2D eigenvalue weighted by Crippen LogP contribution is 2.20. The van der Waals surface area contributed by atoms with Crippen LogP contribution in [-0.4, -0.2) is 43.2 Å². The lowest BCUT2D eigenvalue weighted by Crippen LogP contribution is -2.33. The maximum atomic E-state index is 12.5. The Bertz CT molecular complexity index is 488. The molecule has 4 nitrogen and oxygen atoms in total. The standard InChI is InChI=1S/C15H21NO3S/c1-5-16(9-8-14(17)19-3)15(18)13-10-12(20-4)7-6-11(13)2/h6-7,10H,5,8-9H2,1-4H3. The first-order valence-corrected chi connectivity index (χ1v) is 7.76. The summed E-state index contributed by atoms with van der Waals surface area (Å²) in [4.78, 5) is 26.5. The SMILES string of the molecule is CCN(CCC(=O)OC)C(=O)c1cc(SC)ccc1C. The van der Waals surface area contributed by atoms with Crippen molar-refractivity contribution in [2.45, 2.75) is 25.2 Å². The zero-order valence-corrected chi connectivity index (χ0v) is 13.3. The molecule has 0 aliphatic rings. The Morgan fingerprint density at radius 3 is 2.60 bits per heavy atom. The number of carbonyl (C=O) groups is 2. The Morgan fingerprint density at radius 1 is 1.35 bits per heavy atom. The third-order valence-electron chi connectivity index (χ3n) is 3.16. The molecule has 110 valence electrons. The van der Waals surface area contributed by atoms with Gasteiger partial charge in [0, 0.05) is 23.5 Å². The van der Waals surface area contributed by atoms with Gasteiger partial charge in [-0.2, -0.15) is 0 Å². The van der Waals surface area contributed by atoms with Crippen molar-refractivity contribution < 1.29 is 14.3 Å². The van der Waals surface area contributed by atoms with Gasteiger partial charge in [-0.15, -0.1) is 11.8 Å². The molecular formula is C15H21NO3S. The van der Waals surface area contributed by atoms with Gasteiger partial charge in [0.25, 0.3) is 5.91 Å². The van der Waals surface area contributed by atoms with Gasteiger partial charge in [-0.25, -0.2) is 0 Å². The van der Waals surface area contributed by atoms with Gasteiger partial charge in [0.15, 0.2) is 0 Å². The van der Waals surface area contributed by atoms with Crippen LogP contribution >= 0.6 is 11.8 Å². The van der Waals surface area contributed by atoms with Crippen LogP contribution < -0.4 is 0 Å². The van der Waals surface area contributed by atoms with E-state index in [1.807, 2.05) is 38.3 Å². The number of nitrogens with zero attached hydrogens (tertiary/aromatic N) is 1. The lowest BCUT2D eigenvalue weighted by Gasteiger charge is -2.21. The number of aryl methyl sites for hydroxylation is 1. The molecule has 0 bridgehead atoms. The van der Waals surface area contributed by atoms with Crippen molar-refractivity contribution in [1.29, 1.82) is 0 Å². The number of amides is 1. The van der Waals surface area contributed by atoms with E-state index in [9.17, 15) is 9.59 Å². The van der Waals surface area contributed by atoms with E-state index in [1.54, 1.807) is 16.7 Å². The summed E-state index contributed by atoms with van der Waals surface area (Å²) in [5.74, 6) is -0.337. The predicted molar refractivity (Wildman–Crippen MR) is 81.2 cm³/mol. The molecule has 0 saturated carbocycles. The van der Waals surface area contributed by atoms with E-state index >= 15 is 0 Å². The number of esters is 1. The molecule has 0 atom stereocenters. The number of thioether (sulfide) groups is 1. The van der Waals surface area contributed by atoms with E-state index in [2.05, 4.69) is 4.74 Å². The van der Waals surface area contributed by atoms with E-state index in [4.69, 9.17) is 0 Å². The summed E-state index contributed by atoms with van der Waals surface area (Å²) in [6, 6.07) is 5.86.